The second-order valence-corrected chi connectivity index (χ2v) is 7.61. The highest BCUT2D eigenvalue weighted by Gasteiger charge is 2.24. The molecule has 4 nitrogen and oxygen atoms in total. The van der Waals surface area contributed by atoms with Crippen LogP contribution in [0.15, 0.2) is 36.5 Å². The number of carbonyl (C=O) groups is 1. The zero-order chi connectivity index (χ0) is 16.7. The molecule has 124 valence electrons. The van der Waals surface area contributed by atoms with Crippen LogP contribution in [0, 0.1) is 0 Å². The van der Waals surface area contributed by atoms with Gasteiger partial charge in [0.25, 0.3) is 5.91 Å². The Bertz CT molecular complexity index is 889. The lowest BCUT2D eigenvalue weighted by atomic mass is 9.91. The van der Waals surface area contributed by atoms with E-state index in [1.807, 2.05) is 6.07 Å². The number of amides is 1. The number of fused-ring (bicyclic) bond motifs is 1. The van der Waals surface area contributed by atoms with E-state index in [1.54, 1.807) is 6.07 Å². The average Bonchev–Trinajstić information content (AvgIpc) is 3.32. The van der Waals surface area contributed by atoms with E-state index in [9.17, 15) is 4.79 Å². The Morgan fingerprint density at radius 2 is 2.21 bits per heavy atom. The van der Waals surface area contributed by atoms with Crippen LogP contribution in [0.25, 0.3) is 21.3 Å². The number of benzene rings is 1. The van der Waals surface area contributed by atoms with Crippen LogP contribution in [0.4, 0.5) is 0 Å². The molecule has 2 aromatic heterocycles. The van der Waals surface area contributed by atoms with Gasteiger partial charge in [0.1, 0.15) is 0 Å². The molecule has 3 aromatic rings. The molecule has 1 unspecified atom stereocenters. The molecule has 0 spiro atoms. The molecule has 1 amide bonds. The molecule has 0 radical (unpaired) electrons. The van der Waals surface area contributed by atoms with E-state index in [1.165, 1.54) is 35.1 Å². The van der Waals surface area contributed by atoms with Gasteiger partial charge in [0.15, 0.2) is 0 Å². The molecular formula is C19H21N3OS. The summed E-state index contributed by atoms with van der Waals surface area (Å²) in [6, 6.07) is 10.8. The SMILES string of the molecule is CC(c1c[nH]c2ccc(-c3ccc(C(N)=O)s3)cc12)[C@H]1CCCN1. The Morgan fingerprint density at radius 3 is 2.92 bits per heavy atom. The van der Waals surface area contributed by atoms with Crippen LogP contribution in [-0.2, 0) is 0 Å². The molecule has 1 aliphatic heterocycles. The van der Waals surface area contributed by atoms with Crippen molar-refractivity contribution in [1.82, 2.24) is 10.3 Å². The second-order valence-electron chi connectivity index (χ2n) is 6.52. The largest absolute Gasteiger partial charge is 0.365 e. The monoisotopic (exact) mass is 339 g/mol. The second kappa shape index (κ2) is 6.07. The molecule has 1 saturated heterocycles. The van der Waals surface area contributed by atoms with E-state index in [0.717, 1.165) is 22.5 Å². The highest BCUT2D eigenvalue weighted by Crippen LogP contribution is 2.35. The molecule has 2 atom stereocenters. The number of hydrogen-bond acceptors (Lipinski definition) is 3. The standard InChI is InChI=1S/C19H21N3OS/c1-11(15-3-2-8-21-15)14-10-22-16-5-4-12(9-13(14)16)17-6-7-18(24-17)19(20)23/h4-7,9-11,15,21-22H,2-3,8H2,1H3,(H2,20,23)/t11?,15-/m1/s1. The Balaban J connectivity index is 1.73. The van der Waals surface area contributed by atoms with E-state index in [0.29, 0.717) is 16.8 Å². The Morgan fingerprint density at radius 1 is 1.33 bits per heavy atom. The smallest absolute Gasteiger partial charge is 0.258 e. The van der Waals surface area contributed by atoms with Gasteiger partial charge in [0, 0.05) is 28.0 Å². The van der Waals surface area contributed by atoms with Crippen molar-refractivity contribution in [2.24, 2.45) is 5.73 Å². The van der Waals surface area contributed by atoms with Crippen LogP contribution in [0.3, 0.4) is 0 Å². The highest BCUT2D eigenvalue weighted by atomic mass is 32.1. The molecule has 0 saturated carbocycles. The van der Waals surface area contributed by atoms with E-state index in [4.69, 9.17) is 5.73 Å². The van der Waals surface area contributed by atoms with Crippen molar-refractivity contribution in [2.45, 2.75) is 31.7 Å². The van der Waals surface area contributed by atoms with Gasteiger partial charge in [-0.1, -0.05) is 13.0 Å². The van der Waals surface area contributed by atoms with Gasteiger partial charge in [0.05, 0.1) is 4.88 Å². The first kappa shape index (κ1) is 15.4. The van der Waals surface area contributed by atoms with Gasteiger partial charge in [-0.25, -0.2) is 0 Å². The molecular weight excluding hydrogens is 318 g/mol. The molecule has 4 rings (SSSR count). The van der Waals surface area contributed by atoms with Gasteiger partial charge < -0.3 is 16.0 Å². The number of aromatic amines is 1. The van der Waals surface area contributed by atoms with Crippen LogP contribution < -0.4 is 11.1 Å². The first-order valence-corrected chi connectivity index (χ1v) is 9.19. The lowest BCUT2D eigenvalue weighted by Crippen LogP contribution is -2.27. The molecule has 24 heavy (non-hydrogen) atoms. The first-order valence-electron chi connectivity index (χ1n) is 8.38. The number of H-pyrrole nitrogens is 1. The number of nitrogens with one attached hydrogen (secondary N) is 2. The number of hydrogen-bond donors (Lipinski definition) is 3. The Hall–Kier alpha value is -2.11. The quantitative estimate of drug-likeness (QED) is 0.675. The van der Waals surface area contributed by atoms with E-state index >= 15 is 0 Å². The molecule has 1 aliphatic rings. The Labute approximate surface area is 145 Å². The lowest BCUT2D eigenvalue weighted by Gasteiger charge is -2.19. The zero-order valence-electron chi connectivity index (χ0n) is 13.6. The van der Waals surface area contributed by atoms with Crippen molar-refractivity contribution in [1.29, 1.82) is 0 Å². The van der Waals surface area contributed by atoms with Crippen LogP contribution in [0.5, 0.6) is 0 Å². The van der Waals surface area contributed by atoms with Crippen LogP contribution in [-0.4, -0.2) is 23.5 Å². The Kier molecular flexibility index (Phi) is 3.90. The number of carbonyl (C=O) groups excluding carboxylic acids is 1. The molecule has 5 heteroatoms. The highest BCUT2D eigenvalue weighted by molar-refractivity contribution is 7.17. The van der Waals surface area contributed by atoms with Crippen LogP contribution in [0.2, 0.25) is 0 Å². The normalized spacial score (nSPS) is 19.0. The maximum atomic E-state index is 11.3. The van der Waals surface area contributed by atoms with Gasteiger partial charge >= 0.3 is 0 Å². The minimum Gasteiger partial charge on any atom is -0.365 e. The number of rotatable bonds is 4. The summed E-state index contributed by atoms with van der Waals surface area (Å²) < 4.78 is 0. The first-order chi connectivity index (χ1) is 11.6. The average molecular weight is 339 g/mol. The summed E-state index contributed by atoms with van der Waals surface area (Å²) in [6.07, 6.45) is 4.64. The molecule has 0 bridgehead atoms. The summed E-state index contributed by atoms with van der Waals surface area (Å²) in [4.78, 5) is 16.4. The fourth-order valence-electron chi connectivity index (χ4n) is 3.65. The van der Waals surface area contributed by atoms with Crippen molar-refractivity contribution in [3.63, 3.8) is 0 Å². The van der Waals surface area contributed by atoms with E-state index in [-0.39, 0.29) is 5.91 Å². The van der Waals surface area contributed by atoms with Gasteiger partial charge in [-0.05, 0) is 60.7 Å². The zero-order valence-corrected chi connectivity index (χ0v) is 14.5. The minimum absolute atomic E-state index is 0.365. The van der Waals surface area contributed by atoms with Crippen molar-refractivity contribution in [3.8, 4) is 10.4 Å². The van der Waals surface area contributed by atoms with E-state index < -0.39 is 0 Å². The van der Waals surface area contributed by atoms with Gasteiger partial charge in [-0.3, -0.25) is 4.79 Å². The number of primary amides is 1. The predicted octanol–water partition coefficient (Wildman–Crippen LogP) is 3.85. The predicted molar refractivity (Wildman–Crippen MR) is 99.6 cm³/mol. The summed E-state index contributed by atoms with van der Waals surface area (Å²) in [5, 5.41) is 4.87. The van der Waals surface area contributed by atoms with Gasteiger partial charge in [-0.15, -0.1) is 11.3 Å². The number of nitrogens with two attached hydrogens (primary N) is 1. The maximum Gasteiger partial charge on any atom is 0.258 e. The van der Waals surface area contributed by atoms with Gasteiger partial charge in [-0.2, -0.15) is 0 Å². The number of aromatic nitrogens is 1. The van der Waals surface area contributed by atoms with Crippen molar-refractivity contribution >= 4 is 28.1 Å². The summed E-state index contributed by atoms with van der Waals surface area (Å²) >= 11 is 1.45. The summed E-state index contributed by atoms with van der Waals surface area (Å²) in [5.41, 5.74) is 9.02. The van der Waals surface area contributed by atoms with Crippen LogP contribution >= 0.6 is 11.3 Å². The topological polar surface area (TPSA) is 70.9 Å². The van der Waals surface area contributed by atoms with Crippen molar-refractivity contribution in [2.75, 3.05) is 6.54 Å². The molecule has 1 fully saturated rings. The molecule has 3 heterocycles. The lowest BCUT2D eigenvalue weighted by molar-refractivity contribution is 0.100. The third kappa shape index (κ3) is 2.64. The summed E-state index contributed by atoms with van der Waals surface area (Å²) in [6.45, 7) is 3.42. The van der Waals surface area contributed by atoms with Crippen molar-refractivity contribution in [3.05, 3.63) is 47.0 Å². The molecule has 1 aromatic carbocycles. The van der Waals surface area contributed by atoms with Gasteiger partial charge in [0.2, 0.25) is 0 Å². The summed E-state index contributed by atoms with van der Waals surface area (Å²) in [7, 11) is 0. The van der Waals surface area contributed by atoms with E-state index in [2.05, 4.69) is 41.6 Å². The fraction of sp³-hybridized carbons (Fsp3) is 0.316. The van der Waals surface area contributed by atoms with Crippen LogP contribution in [0.1, 0.15) is 40.9 Å². The molecule has 0 aliphatic carbocycles. The summed E-state index contributed by atoms with van der Waals surface area (Å²) in [5.74, 6) is 0.108. The third-order valence-electron chi connectivity index (χ3n) is 5.04. The fourth-order valence-corrected chi connectivity index (χ4v) is 4.51. The number of thiophene rings is 1. The van der Waals surface area contributed by atoms with Crippen molar-refractivity contribution < 1.29 is 4.79 Å². The third-order valence-corrected chi connectivity index (χ3v) is 6.19. The maximum absolute atomic E-state index is 11.3. The minimum atomic E-state index is -0.365. The molecule has 4 N–H and O–H groups in total.